The van der Waals surface area contributed by atoms with Gasteiger partial charge in [-0.15, -0.1) is 0 Å². The lowest BCUT2D eigenvalue weighted by Crippen LogP contribution is -2.16. The van der Waals surface area contributed by atoms with Gasteiger partial charge in [0.05, 0.1) is 5.52 Å². The Balaban J connectivity index is 2.13. The second kappa shape index (κ2) is 4.53. The summed E-state index contributed by atoms with van der Waals surface area (Å²) in [5, 5.41) is 0. The molecule has 0 bridgehead atoms. The largest absolute Gasteiger partial charge is 0.381 e. The van der Waals surface area contributed by atoms with E-state index in [1.54, 1.807) is 0 Å². The molecule has 1 saturated heterocycles. The van der Waals surface area contributed by atoms with Crippen molar-refractivity contribution in [1.82, 2.24) is 9.38 Å². The number of aryl methyl sites for hydroxylation is 1. The number of nitrogens with zero attached hydrogens (tertiary/aromatic N) is 2. The standard InChI is InChI=1S/C14H16N2O2/c1-10-2-5-16-13(8-10)12(9-17)15-14(16)11-3-6-18-7-4-11/h2,5,8-9,11H,3-4,6-7H2,1H3. The molecule has 0 aliphatic carbocycles. The maximum absolute atomic E-state index is 11.1. The van der Waals surface area contributed by atoms with E-state index in [1.807, 2.05) is 29.7 Å². The lowest BCUT2D eigenvalue weighted by molar-refractivity contribution is 0.0834. The second-order valence-electron chi connectivity index (χ2n) is 4.82. The minimum atomic E-state index is 0.391. The van der Waals surface area contributed by atoms with E-state index in [1.165, 1.54) is 0 Å². The number of aldehydes is 1. The maximum atomic E-state index is 11.1. The molecule has 0 spiro atoms. The fourth-order valence-electron chi connectivity index (χ4n) is 2.57. The predicted octanol–water partition coefficient (Wildman–Crippen LogP) is 2.35. The van der Waals surface area contributed by atoms with E-state index in [0.717, 1.165) is 49.2 Å². The Hall–Kier alpha value is -1.68. The van der Waals surface area contributed by atoms with Gasteiger partial charge in [0, 0.05) is 25.3 Å². The zero-order valence-corrected chi connectivity index (χ0v) is 10.4. The van der Waals surface area contributed by atoms with Crippen molar-refractivity contribution in [3.8, 4) is 0 Å². The van der Waals surface area contributed by atoms with Crippen LogP contribution >= 0.6 is 0 Å². The Kier molecular flexibility index (Phi) is 2.88. The Morgan fingerprint density at radius 3 is 2.94 bits per heavy atom. The molecule has 0 saturated carbocycles. The third kappa shape index (κ3) is 1.82. The highest BCUT2D eigenvalue weighted by atomic mass is 16.5. The zero-order chi connectivity index (χ0) is 12.5. The normalized spacial score (nSPS) is 17.2. The van der Waals surface area contributed by atoms with Crippen LogP contribution in [0.3, 0.4) is 0 Å². The van der Waals surface area contributed by atoms with Gasteiger partial charge in [-0.2, -0.15) is 0 Å². The molecule has 0 unspecified atom stereocenters. The number of aromatic nitrogens is 2. The van der Waals surface area contributed by atoms with Crippen molar-refractivity contribution < 1.29 is 9.53 Å². The van der Waals surface area contributed by atoms with Gasteiger partial charge < -0.3 is 9.14 Å². The SMILES string of the molecule is Cc1ccn2c(C3CCOCC3)nc(C=O)c2c1. The van der Waals surface area contributed by atoms with Gasteiger partial charge in [-0.1, -0.05) is 0 Å². The lowest BCUT2D eigenvalue weighted by atomic mass is 9.99. The topological polar surface area (TPSA) is 43.6 Å². The first-order valence-electron chi connectivity index (χ1n) is 6.31. The Morgan fingerprint density at radius 2 is 2.22 bits per heavy atom. The lowest BCUT2D eigenvalue weighted by Gasteiger charge is -2.20. The average molecular weight is 244 g/mol. The second-order valence-corrected chi connectivity index (χ2v) is 4.82. The molecule has 1 aliphatic rings. The summed E-state index contributed by atoms with van der Waals surface area (Å²) in [6, 6.07) is 4.06. The first-order valence-corrected chi connectivity index (χ1v) is 6.31. The number of rotatable bonds is 2. The summed E-state index contributed by atoms with van der Waals surface area (Å²) in [6.45, 7) is 3.58. The molecule has 0 amide bonds. The highest BCUT2D eigenvalue weighted by Crippen LogP contribution is 2.28. The van der Waals surface area contributed by atoms with Gasteiger partial charge in [-0.25, -0.2) is 4.98 Å². The molecule has 0 aromatic carbocycles. The molecular weight excluding hydrogens is 228 g/mol. The van der Waals surface area contributed by atoms with Crippen molar-refractivity contribution in [1.29, 1.82) is 0 Å². The zero-order valence-electron chi connectivity index (χ0n) is 10.4. The Bertz CT molecular complexity index is 583. The van der Waals surface area contributed by atoms with Crippen LogP contribution in [0.5, 0.6) is 0 Å². The van der Waals surface area contributed by atoms with Gasteiger partial charge in [0.25, 0.3) is 0 Å². The smallest absolute Gasteiger partial charge is 0.170 e. The number of fused-ring (bicyclic) bond motifs is 1. The van der Waals surface area contributed by atoms with E-state index >= 15 is 0 Å². The maximum Gasteiger partial charge on any atom is 0.170 e. The Labute approximate surface area is 106 Å². The van der Waals surface area contributed by atoms with E-state index in [-0.39, 0.29) is 0 Å². The van der Waals surface area contributed by atoms with Crippen LogP contribution < -0.4 is 0 Å². The number of pyridine rings is 1. The van der Waals surface area contributed by atoms with Crippen LogP contribution in [0.2, 0.25) is 0 Å². The predicted molar refractivity (Wildman–Crippen MR) is 68.1 cm³/mol. The molecule has 3 rings (SSSR count). The molecule has 18 heavy (non-hydrogen) atoms. The van der Waals surface area contributed by atoms with Crippen molar-refractivity contribution in [2.45, 2.75) is 25.7 Å². The van der Waals surface area contributed by atoms with Crippen LogP contribution in [0, 0.1) is 6.92 Å². The van der Waals surface area contributed by atoms with Crippen molar-refractivity contribution in [2.24, 2.45) is 0 Å². The quantitative estimate of drug-likeness (QED) is 0.762. The summed E-state index contributed by atoms with van der Waals surface area (Å²) in [4.78, 5) is 15.6. The molecule has 2 aromatic heterocycles. The van der Waals surface area contributed by atoms with Crippen LogP contribution in [0.25, 0.3) is 5.52 Å². The minimum Gasteiger partial charge on any atom is -0.381 e. The summed E-state index contributed by atoms with van der Waals surface area (Å²) >= 11 is 0. The molecule has 2 aromatic rings. The summed E-state index contributed by atoms with van der Waals surface area (Å²) in [7, 11) is 0. The Morgan fingerprint density at radius 1 is 1.44 bits per heavy atom. The van der Waals surface area contributed by atoms with E-state index < -0.39 is 0 Å². The highest BCUT2D eigenvalue weighted by Gasteiger charge is 2.22. The van der Waals surface area contributed by atoms with Gasteiger partial charge in [-0.05, 0) is 37.5 Å². The van der Waals surface area contributed by atoms with Crippen LogP contribution in [0.15, 0.2) is 18.3 Å². The molecule has 1 aliphatic heterocycles. The number of carbonyl (C=O) groups excluding carboxylic acids is 1. The number of hydrogen-bond acceptors (Lipinski definition) is 3. The van der Waals surface area contributed by atoms with Gasteiger partial charge in [0.15, 0.2) is 6.29 Å². The molecule has 0 N–H and O–H groups in total. The summed E-state index contributed by atoms with van der Waals surface area (Å²) in [5.74, 6) is 1.39. The number of carbonyl (C=O) groups is 1. The van der Waals surface area contributed by atoms with Crippen molar-refractivity contribution >= 4 is 11.8 Å². The summed E-state index contributed by atoms with van der Waals surface area (Å²) in [6.07, 6.45) is 4.81. The van der Waals surface area contributed by atoms with Crippen LogP contribution in [-0.2, 0) is 4.74 Å². The summed E-state index contributed by atoms with van der Waals surface area (Å²) in [5.41, 5.74) is 2.59. The molecule has 4 nitrogen and oxygen atoms in total. The van der Waals surface area contributed by atoms with Gasteiger partial charge in [-0.3, -0.25) is 4.79 Å². The summed E-state index contributed by atoms with van der Waals surface area (Å²) < 4.78 is 7.43. The number of ether oxygens (including phenoxy) is 1. The molecular formula is C14H16N2O2. The van der Waals surface area contributed by atoms with Gasteiger partial charge in [0.2, 0.25) is 0 Å². The molecule has 4 heteroatoms. The third-order valence-electron chi connectivity index (χ3n) is 3.55. The van der Waals surface area contributed by atoms with Crippen LogP contribution in [-0.4, -0.2) is 28.9 Å². The number of hydrogen-bond donors (Lipinski definition) is 0. The van der Waals surface area contributed by atoms with Crippen molar-refractivity contribution in [3.05, 3.63) is 35.4 Å². The van der Waals surface area contributed by atoms with Crippen molar-refractivity contribution in [3.63, 3.8) is 0 Å². The van der Waals surface area contributed by atoms with Gasteiger partial charge in [0.1, 0.15) is 11.5 Å². The monoisotopic (exact) mass is 244 g/mol. The van der Waals surface area contributed by atoms with E-state index in [9.17, 15) is 4.79 Å². The fourth-order valence-corrected chi connectivity index (χ4v) is 2.57. The molecule has 0 atom stereocenters. The molecule has 3 heterocycles. The highest BCUT2D eigenvalue weighted by molar-refractivity contribution is 5.84. The van der Waals surface area contributed by atoms with Crippen LogP contribution in [0.1, 0.15) is 40.6 Å². The first kappa shape index (κ1) is 11.4. The van der Waals surface area contributed by atoms with Gasteiger partial charge >= 0.3 is 0 Å². The number of imidazole rings is 1. The molecule has 0 radical (unpaired) electrons. The average Bonchev–Trinajstić information content (AvgIpc) is 2.77. The minimum absolute atomic E-state index is 0.391. The first-order chi connectivity index (χ1) is 8.79. The van der Waals surface area contributed by atoms with Crippen LogP contribution in [0.4, 0.5) is 0 Å². The molecule has 94 valence electrons. The van der Waals surface area contributed by atoms with E-state index in [2.05, 4.69) is 4.98 Å². The van der Waals surface area contributed by atoms with E-state index in [4.69, 9.17) is 4.74 Å². The third-order valence-corrected chi connectivity index (χ3v) is 3.55. The van der Waals surface area contributed by atoms with Crippen molar-refractivity contribution in [2.75, 3.05) is 13.2 Å². The fraction of sp³-hybridized carbons (Fsp3) is 0.429. The molecule has 1 fully saturated rings. The van der Waals surface area contributed by atoms with E-state index in [0.29, 0.717) is 11.6 Å².